The minimum absolute atomic E-state index is 0.0743. The first-order chi connectivity index (χ1) is 12.0. The highest BCUT2D eigenvalue weighted by atomic mass is 16.6. The maximum atomic E-state index is 12.3. The monoisotopic (exact) mass is 340 g/mol. The summed E-state index contributed by atoms with van der Waals surface area (Å²) in [4.78, 5) is 29.9. The Morgan fingerprint density at radius 3 is 2.24 bits per heavy atom. The van der Waals surface area contributed by atoms with Crippen LogP contribution in [-0.4, -0.2) is 17.9 Å². The lowest BCUT2D eigenvalue weighted by atomic mass is 10.0. The van der Waals surface area contributed by atoms with Gasteiger partial charge in [-0.15, -0.1) is 0 Å². The molecule has 2 rings (SSSR count). The largest absolute Gasteiger partial charge is 0.340 e. The number of rotatable bonds is 7. The molecule has 0 aliphatic rings. The van der Waals surface area contributed by atoms with Gasteiger partial charge in [-0.25, -0.2) is 5.48 Å². The van der Waals surface area contributed by atoms with E-state index in [1.165, 1.54) is 0 Å². The van der Waals surface area contributed by atoms with Crippen molar-refractivity contribution in [3.63, 3.8) is 0 Å². The van der Waals surface area contributed by atoms with Gasteiger partial charge in [0.05, 0.1) is 6.61 Å². The number of hydrogen-bond donors (Lipinski definition) is 2. The van der Waals surface area contributed by atoms with Crippen LogP contribution < -0.4 is 10.8 Å². The molecule has 5 heteroatoms. The lowest BCUT2D eigenvalue weighted by Gasteiger charge is -2.21. The summed E-state index contributed by atoms with van der Waals surface area (Å²) in [5.41, 5.74) is 4.97. The number of aryl methyl sites for hydroxylation is 1. The van der Waals surface area contributed by atoms with Gasteiger partial charge in [-0.2, -0.15) is 0 Å². The molecule has 0 fully saturated rings. The van der Waals surface area contributed by atoms with Gasteiger partial charge >= 0.3 is 0 Å². The Labute approximate surface area is 148 Å². The minimum Gasteiger partial charge on any atom is -0.340 e. The fourth-order valence-corrected chi connectivity index (χ4v) is 2.29. The maximum Gasteiger partial charge on any atom is 0.266 e. The Morgan fingerprint density at radius 2 is 1.64 bits per heavy atom. The van der Waals surface area contributed by atoms with Crippen molar-refractivity contribution in [3.05, 3.63) is 71.3 Å². The van der Waals surface area contributed by atoms with E-state index >= 15 is 0 Å². The highest BCUT2D eigenvalue weighted by Crippen LogP contribution is 2.07. The number of nitrogens with one attached hydrogen (secondary N) is 2. The van der Waals surface area contributed by atoms with Crippen molar-refractivity contribution < 1.29 is 14.4 Å². The van der Waals surface area contributed by atoms with Crippen molar-refractivity contribution in [2.75, 3.05) is 0 Å². The van der Waals surface area contributed by atoms with Crippen LogP contribution in [0.1, 0.15) is 35.3 Å². The molecule has 5 nitrogen and oxygen atoms in total. The van der Waals surface area contributed by atoms with Gasteiger partial charge in [0, 0.05) is 5.56 Å². The van der Waals surface area contributed by atoms with Gasteiger partial charge in [-0.3, -0.25) is 14.4 Å². The van der Waals surface area contributed by atoms with E-state index in [0.717, 1.165) is 11.1 Å². The predicted molar refractivity (Wildman–Crippen MR) is 96.6 cm³/mol. The van der Waals surface area contributed by atoms with Crippen molar-refractivity contribution in [1.29, 1.82) is 0 Å². The van der Waals surface area contributed by atoms with E-state index in [9.17, 15) is 9.59 Å². The third-order valence-electron chi connectivity index (χ3n) is 3.80. The predicted octanol–water partition coefficient (Wildman–Crippen LogP) is 3.00. The molecule has 0 aliphatic heterocycles. The van der Waals surface area contributed by atoms with E-state index in [1.54, 1.807) is 12.1 Å². The molecule has 0 radical (unpaired) electrons. The average molecular weight is 340 g/mol. The summed E-state index contributed by atoms with van der Waals surface area (Å²) in [5.74, 6) is -0.724. The fraction of sp³-hybridized carbons (Fsp3) is 0.300. The lowest BCUT2D eigenvalue weighted by molar-refractivity contribution is -0.137. The highest BCUT2D eigenvalue weighted by Gasteiger charge is 2.24. The van der Waals surface area contributed by atoms with Crippen LogP contribution in [0.15, 0.2) is 54.6 Å². The topological polar surface area (TPSA) is 67.4 Å². The number of carbonyl (C=O) groups excluding carboxylic acids is 2. The zero-order valence-corrected chi connectivity index (χ0v) is 14.8. The standard InChI is InChI=1S/C20H24N2O3/c1-14(2)18(21-19(23)17-11-9-15(3)10-12-17)20(24)22-25-13-16-7-5-4-6-8-16/h4-12,14,18H,13H2,1-3H3,(H,21,23)(H,22,24). The highest BCUT2D eigenvalue weighted by molar-refractivity contribution is 5.97. The minimum atomic E-state index is -0.676. The molecule has 1 atom stereocenters. The van der Waals surface area contributed by atoms with E-state index in [-0.39, 0.29) is 24.3 Å². The van der Waals surface area contributed by atoms with Gasteiger partial charge in [0.1, 0.15) is 6.04 Å². The molecule has 0 aromatic heterocycles. The Morgan fingerprint density at radius 1 is 1.00 bits per heavy atom. The van der Waals surface area contributed by atoms with Crippen molar-refractivity contribution in [2.45, 2.75) is 33.4 Å². The number of benzene rings is 2. The Balaban J connectivity index is 1.91. The number of carbonyl (C=O) groups is 2. The van der Waals surface area contributed by atoms with Crippen molar-refractivity contribution in [2.24, 2.45) is 5.92 Å². The first-order valence-electron chi connectivity index (χ1n) is 8.30. The zero-order chi connectivity index (χ0) is 18.2. The van der Waals surface area contributed by atoms with Crippen LogP contribution in [0, 0.1) is 12.8 Å². The first-order valence-corrected chi connectivity index (χ1v) is 8.30. The van der Waals surface area contributed by atoms with Crippen molar-refractivity contribution in [1.82, 2.24) is 10.8 Å². The molecule has 0 aliphatic carbocycles. The molecule has 2 aromatic carbocycles. The van der Waals surface area contributed by atoms with Crippen LogP contribution in [0.25, 0.3) is 0 Å². The zero-order valence-electron chi connectivity index (χ0n) is 14.8. The van der Waals surface area contributed by atoms with Crippen molar-refractivity contribution >= 4 is 11.8 Å². The molecule has 0 heterocycles. The van der Waals surface area contributed by atoms with E-state index in [4.69, 9.17) is 4.84 Å². The molecule has 0 saturated carbocycles. The van der Waals surface area contributed by atoms with E-state index in [0.29, 0.717) is 5.56 Å². The van der Waals surface area contributed by atoms with Crippen LogP contribution >= 0.6 is 0 Å². The quantitative estimate of drug-likeness (QED) is 0.762. The summed E-state index contributed by atoms with van der Waals surface area (Å²) in [6, 6.07) is 16.1. The third-order valence-corrected chi connectivity index (χ3v) is 3.80. The second-order valence-electron chi connectivity index (χ2n) is 6.30. The van der Waals surface area contributed by atoms with Crippen molar-refractivity contribution in [3.8, 4) is 0 Å². The summed E-state index contributed by atoms with van der Waals surface area (Å²) in [5, 5.41) is 2.77. The lowest BCUT2D eigenvalue weighted by Crippen LogP contribution is -2.49. The van der Waals surface area contributed by atoms with Gasteiger partial charge < -0.3 is 5.32 Å². The normalized spacial score (nSPS) is 11.8. The van der Waals surface area contributed by atoms with E-state index in [1.807, 2.05) is 63.2 Å². The molecule has 25 heavy (non-hydrogen) atoms. The molecule has 0 spiro atoms. The summed E-state index contributed by atoms with van der Waals surface area (Å²) in [7, 11) is 0. The summed E-state index contributed by atoms with van der Waals surface area (Å²) in [6.07, 6.45) is 0. The van der Waals surface area contributed by atoms with Gasteiger partial charge in [0.25, 0.3) is 11.8 Å². The molecule has 132 valence electrons. The van der Waals surface area contributed by atoms with Gasteiger partial charge in [0.2, 0.25) is 0 Å². The second-order valence-corrected chi connectivity index (χ2v) is 6.30. The van der Waals surface area contributed by atoms with Gasteiger partial charge in [-0.1, -0.05) is 61.9 Å². The van der Waals surface area contributed by atoms with Crippen LogP contribution in [0.3, 0.4) is 0 Å². The van der Waals surface area contributed by atoms with E-state index in [2.05, 4.69) is 10.8 Å². The average Bonchev–Trinajstić information content (AvgIpc) is 2.60. The summed E-state index contributed by atoms with van der Waals surface area (Å²) >= 11 is 0. The van der Waals surface area contributed by atoms with Gasteiger partial charge in [-0.05, 0) is 30.5 Å². The molecule has 2 aromatic rings. The second kappa shape index (κ2) is 8.99. The van der Waals surface area contributed by atoms with E-state index < -0.39 is 6.04 Å². The summed E-state index contributed by atoms with van der Waals surface area (Å²) < 4.78 is 0. The Kier molecular flexibility index (Phi) is 6.71. The molecular weight excluding hydrogens is 316 g/mol. The van der Waals surface area contributed by atoms with Crippen LogP contribution in [0.5, 0.6) is 0 Å². The smallest absolute Gasteiger partial charge is 0.266 e. The molecule has 2 amide bonds. The molecular formula is C20H24N2O3. The summed E-state index contributed by atoms with van der Waals surface area (Å²) in [6.45, 7) is 5.97. The van der Waals surface area contributed by atoms with Crippen LogP contribution in [-0.2, 0) is 16.2 Å². The van der Waals surface area contributed by atoms with Crippen LogP contribution in [0.4, 0.5) is 0 Å². The third kappa shape index (κ3) is 5.72. The van der Waals surface area contributed by atoms with Crippen LogP contribution in [0.2, 0.25) is 0 Å². The molecule has 0 bridgehead atoms. The fourth-order valence-electron chi connectivity index (χ4n) is 2.29. The molecule has 2 N–H and O–H groups in total. The number of amides is 2. The molecule has 1 unspecified atom stereocenters. The SMILES string of the molecule is Cc1ccc(C(=O)NC(C(=O)NOCc2ccccc2)C(C)C)cc1. The number of hydroxylamine groups is 1. The van der Waals surface area contributed by atoms with Gasteiger partial charge in [0.15, 0.2) is 0 Å². The Hall–Kier alpha value is -2.66. The molecule has 0 saturated heterocycles. The number of hydrogen-bond acceptors (Lipinski definition) is 3. The first kappa shape index (κ1) is 18.7. The maximum absolute atomic E-state index is 12.3. The Bertz CT molecular complexity index is 697.